The highest BCUT2D eigenvalue weighted by Crippen LogP contribution is 2.45. The van der Waals surface area contributed by atoms with Gasteiger partial charge in [0.1, 0.15) is 5.84 Å². The first-order valence-corrected chi connectivity index (χ1v) is 5.81. The summed E-state index contributed by atoms with van der Waals surface area (Å²) < 4.78 is 34.3. The second kappa shape index (κ2) is 4.06. The summed E-state index contributed by atoms with van der Waals surface area (Å²) in [5, 5.41) is 10.4. The smallest absolute Gasteiger partial charge is 0.395 e. The lowest BCUT2D eigenvalue weighted by molar-refractivity contribution is -0.286. The lowest BCUT2D eigenvalue weighted by Gasteiger charge is -2.04. The number of halogens is 2. The normalized spacial score (nSPS) is 25.1. The van der Waals surface area contributed by atoms with Crippen molar-refractivity contribution in [2.24, 2.45) is 17.0 Å². The molecule has 0 unspecified atom stereocenters. The van der Waals surface area contributed by atoms with Crippen molar-refractivity contribution < 1.29 is 23.0 Å². The van der Waals surface area contributed by atoms with E-state index in [9.17, 15) is 13.6 Å². The molecule has 2 N–H and O–H groups in total. The van der Waals surface area contributed by atoms with E-state index in [2.05, 4.69) is 14.6 Å². The summed E-state index contributed by atoms with van der Waals surface area (Å²) in [5.74, 6) is -1.49. The highest BCUT2D eigenvalue weighted by atomic mass is 19.3. The van der Waals surface area contributed by atoms with Crippen molar-refractivity contribution >= 4 is 11.6 Å². The molecule has 1 aliphatic heterocycles. The van der Waals surface area contributed by atoms with E-state index in [1.165, 1.54) is 18.2 Å². The Kier molecular flexibility index (Phi) is 2.56. The second-order valence-electron chi connectivity index (χ2n) is 4.64. The molecule has 0 saturated heterocycles. The number of hydrogen-bond donors (Lipinski definition) is 2. The number of Topliss-reactive ketones (excluding diaryl/α,β-unsaturated/α-hetero) is 1. The van der Waals surface area contributed by atoms with E-state index in [-0.39, 0.29) is 34.6 Å². The fourth-order valence-electron chi connectivity index (χ4n) is 2.19. The van der Waals surface area contributed by atoms with Gasteiger partial charge in [-0.3, -0.25) is 10.2 Å². The minimum atomic E-state index is -3.71. The van der Waals surface area contributed by atoms with Gasteiger partial charge in [0.15, 0.2) is 17.3 Å². The first-order chi connectivity index (χ1) is 9.41. The van der Waals surface area contributed by atoms with Crippen molar-refractivity contribution in [3.05, 3.63) is 23.8 Å². The summed E-state index contributed by atoms with van der Waals surface area (Å²) in [6.45, 7) is 0. The van der Waals surface area contributed by atoms with Gasteiger partial charge in [0.25, 0.3) is 0 Å². The summed E-state index contributed by atoms with van der Waals surface area (Å²) in [6, 6.07) is 3.83. The second-order valence-corrected chi connectivity index (χ2v) is 4.64. The quantitative estimate of drug-likeness (QED) is 0.386. The monoisotopic (exact) mass is 281 g/mol. The van der Waals surface area contributed by atoms with Crippen LogP contribution in [-0.2, 0) is 0 Å². The van der Waals surface area contributed by atoms with Crippen LogP contribution in [0, 0.1) is 22.8 Å². The van der Waals surface area contributed by atoms with Crippen LogP contribution in [0.15, 0.2) is 23.3 Å². The van der Waals surface area contributed by atoms with Crippen LogP contribution < -0.4 is 9.47 Å². The summed E-state index contributed by atoms with van der Waals surface area (Å²) in [4.78, 5) is 12.1. The van der Waals surface area contributed by atoms with Crippen molar-refractivity contribution in [3.8, 4) is 11.5 Å². The molecule has 0 radical (unpaired) electrons. The maximum absolute atomic E-state index is 12.9. The van der Waals surface area contributed by atoms with E-state index in [1.54, 1.807) is 0 Å². The van der Waals surface area contributed by atoms with E-state index in [0.717, 1.165) is 0 Å². The molecule has 2 atom stereocenters. The Labute approximate surface area is 111 Å². The molecule has 0 bridgehead atoms. The molecule has 3 rings (SSSR count). The fourth-order valence-corrected chi connectivity index (χ4v) is 2.19. The number of nitrogens with zero attached hydrogens (tertiary/aromatic N) is 1. The third kappa shape index (κ3) is 2.02. The average Bonchev–Trinajstić information content (AvgIpc) is 3.12. The first kappa shape index (κ1) is 12.6. The maximum atomic E-state index is 12.9. The Hall–Kier alpha value is -2.38. The summed E-state index contributed by atoms with van der Waals surface area (Å²) in [5.41, 5.74) is 6.95. The van der Waals surface area contributed by atoms with E-state index >= 15 is 0 Å². The standard InChI is InChI=1S/C12H9F2N3O3/c13-12(14)19-8-2-1-5(3-9(8)20-12)10(18)6-4-7(6)11(15)17-16/h1-3,6-7,15-16H,4H2/t6-,7-/m0/s1. The van der Waals surface area contributed by atoms with Crippen LogP contribution in [0.2, 0.25) is 0 Å². The van der Waals surface area contributed by atoms with Crippen molar-refractivity contribution in [1.82, 2.24) is 0 Å². The van der Waals surface area contributed by atoms with Gasteiger partial charge in [-0.1, -0.05) is 0 Å². The predicted octanol–water partition coefficient (Wildman–Crippen LogP) is 2.84. The number of alkyl halides is 2. The lowest BCUT2D eigenvalue weighted by Crippen LogP contribution is -2.25. The Balaban J connectivity index is 1.79. The molecule has 0 aromatic heterocycles. The van der Waals surface area contributed by atoms with Gasteiger partial charge in [-0.2, -0.15) is 0 Å². The minimum absolute atomic E-state index is 0.118. The number of nitrogens with one attached hydrogen (secondary N) is 2. The Bertz CT molecular complexity index is 632. The highest BCUT2D eigenvalue weighted by Gasteiger charge is 2.47. The Morgan fingerprint density at radius 1 is 1.30 bits per heavy atom. The number of ether oxygens (including phenoxy) is 2. The number of hydrogen-bond acceptors (Lipinski definition) is 5. The summed E-state index contributed by atoms with van der Waals surface area (Å²) >= 11 is 0. The van der Waals surface area contributed by atoms with Crippen LogP contribution in [0.3, 0.4) is 0 Å². The molecule has 0 amide bonds. The molecular formula is C12H9F2N3O3. The lowest BCUT2D eigenvalue weighted by atomic mass is 10.1. The van der Waals surface area contributed by atoms with Crippen LogP contribution in [0.5, 0.6) is 11.5 Å². The molecule has 1 aliphatic carbocycles. The fraction of sp³-hybridized carbons (Fsp3) is 0.333. The zero-order chi connectivity index (χ0) is 14.5. The van der Waals surface area contributed by atoms with Gasteiger partial charge >= 0.3 is 6.29 Å². The van der Waals surface area contributed by atoms with Crippen molar-refractivity contribution in [1.29, 1.82) is 10.9 Å². The molecule has 1 aromatic rings. The van der Waals surface area contributed by atoms with Crippen LogP contribution in [0.25, 0.3) is 0 Å². The molecule has 1 heterocycles. The van der Waals surface area contributed by atoms with Crippen LogP contribution in [0.1, 0.15) is 16.8 Å². The van der Waals surface area contributed by atoms with E-state index < -0.39 is 12.2 Å². The van der Waals surface area contributed by atoms with Gasteiger partial charge in [0, 0.05) is 17.4 Å². The molecule has 1 fully saturated rings. The molecule has 6 nitrogen and oxygen atoms in total. The molecule has 2 aliphatic rings. The van der Waals surface area contributed by atoms with Gasteiger partial charge in [-0.15, -0.1) is 13.9 Å². The number of benzene rings is 1. The third-order valence-corrected chi connectivity index (χ3v) is 3.28. The van der Waals surface area contributed by atoms with Gasteiger partial charge < -0.3 is 9.47 Å². The van der Waals surface area contributed by atoms with Crippen LogP contribution in [-0.4, -0.2) is 17.9 Å². The number of carbonyl (C=O) groups is 1. The van der Waals surface area contributed by atoms with Gasteiger partial charge in [0.2, 0.25) is 0 Å². The van der Waals surface area contributed by atoms with Crippen molar-refractivity contribution in [2.45, 2.75) is 12.7 Å². The first-order valence-electron chi connectivity index (χ1n) is 5.81. The number of amidine groups is 1. The average molecular weight is 281 g/mol. The summed E-state index contributed by atoms with van der Waals surface area (Å²) in [7, 11) is 0. The summed E-state index contributed by atoms with van der Waals surface area (Å²) in [6.07, 6.45) is -3.26. The Morgan fingerprint density at radius 3 is 2.70 bits per heavy atom. The number of rotatable bonds is 3. The van der Waals surface area contributed by atoms with Gasteiger partial charge in [-0.25, -0.2) is 5.53 Å². The number of carbonyl (C=O) groups excluding carboxylic acids is 1. The largest absolute Gasteiger partial charge is 0.586 e. The zero-order valence-electron chi connectivity index (χ0n) is 10.0. The zero-order valence-corrected chi connectivity index (χ0v) is 10.0. The topological polar surface area (TPSA) is 95.6 Å². The van der Waals surface area contributed by atoms with Gasteiger partial charge in [-0.05, 0) is 24.6 Å². The molecule has 8 heteroatoms. The SMILES string of the molecule is N=NC(=N)[C@H]1C[C@@H]1C(=O)c1ccc2c(c1)OC(F)(F)O2. The third-order valence-electron chi connectivity index (χ3n) is 3.28. The number of ketones is 1. The number of fused-ring (bicyclic) bond motifs is 1. The minimum Gasteiger partial charge on any atom is -0.395 e. The van der Waals surface area contributed by atoms with E-state index in [4.69, 9.17) is 10.9 Å². The van der Waals surface area contributed by atoms with Crippen molar-refractivity contribution in [2.75, 3.05) is 0 Å². The molecule has 104 valence electrons. The van der Waals surface area contributed by atoms with Crippen LogP contribution in [0.4, 0.5) is 8.78 Å². The van der Waals surface area contributed by atoms with Gasteiger partial charge in [0.05, 0.1) is 0 Å². The molecule has 1 aromatic carbocycles. The maximum Gasteiger partial charge on any atom is 0.586 e. The highest BCUT2D eigenvalue weighted by molar-refractivity contribution is 6.04. The predicted molar refractivity (Wildman–Crippen MR) is 61.4 cm³/mol. The van der Waals surface area contributed by atoms with E-state index in [0.29, 0.717) is 6.42 Å². The van der Waals surface area contributed by atoms with Crippen LogP contribution >= 0.6 is 0 Å². The van der Waals surface area contributed by atoms with Crippen molar-refractivity contribution in [3.63, 3.8) is 0 Å². The molecule has 20 heavy (non-hydrogen) atoms. The molecular weight excluding hydrogens is 272 g/mol. The molecule has 0 spiro atoms. The molecule has 1 saturated carbocycles. The van der Waals surface area contributed by atoms with E-state index in [1.807, 2.05) is 0 Å². The Morgan fingerprint density at radius 2 is 2.00 bits per heavy atom.